The zero-order valence-electron chi connectivity index (χ0n) is 16.6. The number of amides is 2. The van der Waals surface area contributed by atoms with Gasteiger partial charge in [-0.15, -0.1) is 0 Å². The molecule has 0 spiro atoms. The number of nitrogens with one attached hydrogen (secondary N) is 2. The van der Waals surface area contributed by atoms with E-state index < -0.39 is 0 Å². The van der Waals surface area contributed by atoms with Crippen LogP contribution in [-0.4, -0.2) is 11.8 Å². The third-order valence-electron chi connectivity index (χ3n) is 4.49. The summed E-state index contributed by atoms with van der Waals surface area (Å²) in [6.45, 7) is 4.36. The monoisotopic (exact) mass is 384 g/mol. The van der Waals surface area contributed by atoms with Crippen molar-refractivity contribution < 1.29 is 9.59 Å². The number of hydrogen-bond acceptors (Lipinski definition) is 2. The highest BCUT2D eigenvalue weighted by Gasteiger charge is 2.14. The summed E-state index contributed by atoms with van der Waals surface area (Å²) in [6.07, 6.45) is 1.68. The molecule has 0 bridgehead atoms. The lowest BCUT2D eigenvalue weighted by atomic mass is 10.1. The van der Waals surface area contributed by atoms with Gasteiger partial charge in [0.25, 0.3) is 11.8 Å². The van der Waals surface area contributed by atoms with Gasteiger partial charge >= 0.3 is 0 Å². The van der Waals surface area contributed by atoms with E-state index in [9.17, 15) is 9.59 Å². The maximum atomic E-state index is 12.8. The highest BCUT2D eigenvalue weighted by atomic mass is 16.2. The van der Waals surface area contributed by atoms with Gasteiger partial charge in [0.1, 0.15) is 5.70 Å². The predicted molar refractivity (Wildman–Crippen MR) is 116 cm³/mol. The lowest BCUT2D eigenvalue weighted by Crippen LogP contribution is -2.34. The van der Waals surface area contributed by atoms with Crippen LogP contribution in [0.3, 0.4) is 0 Å². The van der Waals surface area contributed by atoms with Crippen molar-refractivity contribution in [3.05, 3.63) is 112 Å². The number of carbonyl (C=O) groups excluding carboxylic acids is 2. The topological polar surface area (TPSA) is 58.2 Å². The molecule has 0 radical (unpaired) electrons. The third-order valence-corrected chi connectivity index (χ3v) is 4.49. The van der Waals surface area contributed by atoms with Gasteiger partial charge in [-0.1, -0.05) is 77.9 Å². The summed E-state index contributed by atoms with van der Waals surface area (Å²) in [4.78, 5) is 25.5. The number of rotatable bonds is 6. The normalized spacial score (nSPS) is 11.0. The van der Waals surface area contributed by atoms with E-state index in [-0.39, 0.29) is 17.5 Å². The second-order valence-electron chi connectivity index (χ2n) is 6.96. The summed E-state index contributed by atoms with van der Waals surface area (Å²) in [6, 6.07) is 24.6. The van der Waals surface area contributed by atoms with Crippen molar-refractivity contribution in [1.29, 1.82) is 0 Å². The second-order valence-corrected chi connectivity index (χ2v) is 6.96. The molecule has 2 amide bonds. The molecule has 0 aliphatic carbocycles. The van der Waals surface area contributed by atoms with E-state index in [1.165, 1.54) is 0 Å². The van der Waals surface area contributed by atoms with E-state index in [1.807, 2.05) is 80.6 Å². The first kappa shape index (κ1) is 20.1. The lowest BCUT2D eigenvalue weighted by Gasteiger charge is -2.12. The standard InChI is InChI=1S/C25H24N2O2/c1-18-8-12-21(13-9-18)17-26-25(29)23(16-20-6-4-3-5-7-20)27-24(28)22-14-10-19(2)11-15-22/h3-16H,17H2,1-2H3,(H,26,29)(H,27,28)/b23-16+. The quantitative estimate of drug-likeness (QED) is 0.619. The third kappa shape index (κ3) is 5.91. The molecular formula is C25H24N2O2. The van der Waals surface area contributed by atoms with Crippen LogP contribution < -0.4 is 10.6 Å². The molecule has 0 saturated heterocycles. The molecule has 0 fully saturated rings. The Bertz CT molecular complexity index is 1000. The maximum Gasteiger partial charge on any atom is 0.268 e. The van der Waals surface area contributed by atoms with Crippen molar-refractivity contribution in [2.24, 2.45) is 0 Å². The van der Waals surface area contributed by atoms with Crippen LogP contribution in [0.1, 0.15) is 32.6 Å². The fourth-order valence-corrected chi connectivity index (χ4v) is 2.76. The fraction of sp³-hybridized carbons (Fsp3) is 0.120. The van der Waals surface area contributed by atoms with Gasteiger partial charge in [0.2, 0.25) is 0 Å². The van der Waals surface area contributed by atoms with E-state index in [1.54, 1.807) is 18.2 Å². The van der Waals surface area contributed by atoms with Gasteiger partial charge < -0.3 is 10.6 Å². The molecule has 146 valence electrons. The highest BCUT2D eigenvalue weighted by Crippen LogP contribution is 2.09. The van der Waals surface area contributed by atoms with Crippen LogP contribution in [0.5, 0.6) is 0 Å². The van der Waals surface area contributed by atoms with Crippen LogP contribution in [-0.2, 0) is 11.3 Å². The van der Waals surface area contributed by atoms with Gasteiger partial charge in [0, 0.05) is 12.1 Å². The Hall–Kier alpha value is -3.66. The average Bonchev–Trinajstić information content (AvgIpc) is 2.74. The molecule has 3 aromatic rings. The second kappa shape index (κ2) is 9.51. The summed E-state index contributed by atoms with van der Waals surface area (Å²) in [5, 5.41) is 5.64. The van der Waals surface area contributed by atoms with Crippen molar-refractivity contribution in [2.45, 2.75) is 20.4 Å². The SMILES string of the molecule is Cc1ccc(CNC(=O)/C(=C\c2ccccc2)NC(=O)c2ccc(C)cc2)cc1. The summed E-state index contributed by atoms with van der Waals surface area (Å²) in [7, 11) is 0. The zero-order valence-corrected chi connectivity index (χ0v) is 16.6. The van der Waals surface area contributed by atoms with Gasteiger partial charge in [-0.05, 0) is 43.2 Å². The first-order valence-corrected chi connectivity index (χ1v) is 9.50. The van der Waals surface area contributed by atoms with Crippen LogP contribution in [0.2, 0.25) is 0 Å². The van der Waals surface area contributed by atoms with Gasteiger partial charge in [-0.3, -0.25) is 9.59 Å². The summed E-state index contributed by atoms with van der Waals surface area (Å²) >= 11 is 0. The minimum absolute atomic E-state index is 0.203. The van der Waals surface area contributed by atoms with Crippen LogP contribution in [0.4, 0.5) is 0 Å². The minimum Gasteiger partial charge on any atom is -0.347 e. The Morgan fingerprint density at radius 1 is 0.793 bits per heavy atom. The molecule has 4 heteroatoms. The van der Waals surface area contributed by atoms with Crippen LogP contribution in [0.25, 0.3) is 6.08 Å². The number of benzene rings is 3. The number of aryl methyl sites for hydroxylation is 2. The minimum atomic E-state index is -0.338. The van der Waals surface area contributed by atoms with Crippen LogP contribution >= 0.6 is 0 Å². The van der Waals surface area contributed by atoms with E-state index in [4.69, 9.17) is 0 Å². The van der Waals surface area contributed by atoms with E-state index >= 15 is 0 Å². The molecule has 3 aromatic carbocycles. The molecule has 0 unspecified atom stereocenters. The van der Waals surface area contributed by atoms with Crippen molar-refractivity contribution >= 4 is 17.9 Å². The van der Waals surface area contributed by atoms with Crippen molar-refractivity contribution in [1.82, 2.24) is 10.6 Å². The molecule has 2 N–H and O–H groups in total. The molecule has 4 nitrogen and oxygen atoms in total. The first-order chi connectivity index (χ1) is 14.0. The molecular weight excluding hydrogens is 360 g/mol. The number of hydrogen-bond donors (Lipinski definition) is 2. The van der Waals surface area contributed by atoms with Gasteiger partial charge in [-0.2, -0.15) is 0 Å². The zero-order chi connectivity index (χ0) is 20.6. The van der Waals surface area contributed by atoms with Gasteiger partial charge in [0.15, 0.2) is 0 Å². The summed E-state index contributed by atoms with van der Waals surface area (Å²) in [5.41, 5.74) is 4.76. The van der Waals surface area contributed by atoms with Crippen molar-refractivity contribution in [3.63, 3.8) is 0 Å². The molecule has 0 atom stereocenters. The van der Waals surface area contributed by atoms with E-state index in [2.05, 4.69) is 10.6 Å². The predicted octanol–water partition coefficient (Wildman–Crippen LogP) is 4.39. The summed E-state index contributed by atoms with van der Waals surface area (Å²) in [5.74, 6) is -0.660. The largest absolute Gasteiger partial charge is 0.347 e. The molecule has 0 aromatic heterocycles. The van der Waals surface area contributed by atoms with E-state index in [0.29, 0.717) is 12.1 Å². The summed E-state index contributed by atoms with van der Waals surface area (Å²) < 4.78 is 0. The van der Waals surface area contributed by atoms with Gasteiger partial charge in [-0.25, -0.2) is 0 Å². The maximum absolute atomic E-state index is 12.8. The molecule has 0 saturated carbocycles. The Morgan fingerprint density at radius 3 is 2.00 bits per heavy atom. The molecule has 0 heterocycles. The van der Waals surface area contributed by atoms with E-state index in [0.717, 1.165) is 22.3 Å². The smallest absolute Gasteiger partial charge is 0.268 e. The Labute approximate surface area is 171 Å². The lowest BCUT2D eigenvalue weighted by molar-refractivity contribution is -0.117. The van der Waals surface area contributed by atoms with Crippen LogP contribution in [0.15, 0.2) is 84.6 Å². The molecule has 0 aliphatic heterocycles. The van der Waals surface area contributed by atoms with Crippen molar-refractivity contribution in [3.8, 4) is 0 Å². The Morgan fingerprint density at radius 2 is 1.38 bits per heavy atom. The number of carbonyl (C=O) groups is 2. The molecule has 29 heavy (non-hydrogen) atoms. The molecule has 0 aliphatic rings. The average molecular weight is 384 g/mol. The first-order valence-electron chi connectivity index (χ1n) is 9.50. The van der Waals surface area contributed by atoms with Gasteiger partial charge in [0.05, 0.1) is 0 Å². The van der Waals surface area contributed by atoms with Crippen molar-refractivity contribution in [2.75, 3.05) is 0 Å². The highest BCUT2D eigenvalue weighted by molar-refractivity contribution is 6.05. The Balaban J connectivity index is 1.77. The van der Waals surface area contributed by atoms with Crippen LogP contribution in [0, 0.1) is 13.8 Å². The molecule has 3 rings (SSSR count). The Kier molecular flexibility index (Phi) is 6.59. The fourth-order valence-electron chi connectivity index (χ4n) is 2.76.